The zero-order valence-electron chi connectivity index (χ0n) is 12.3. The van der Waals surface area contributed by atoms with Crippen LogP contribution in [-0.4, -0.2) is 23.0 Å². The number of rotatable bonds is 7. The maximum Gasteiger partial charge on any atom is 0.326 e. The van der Waals surface area contributed by atoms with E-state index in [1.54, 1.807) is 0 Å². The van der Waals surface area contributed by atoms with Crippen molar-refractivity contribution in [2.45, 2.75) is 45.6 Å². The van der Waals surface area contributed by atoms with Gasteiger partial charge in [-0.3, -0.25) is 4.79 Å². The normalized spacial score (nSPS) is 15.2. The number of carbonyl (C=O) groups excluding carboxylic acids is 1. The smallest absolute Gasteiger partial charge is 0.326 e. The van der Waals surface area contributed by atoms with Gasteiger partial charge in [0.1, 0.15) is 6.04 Å². The average molecular weight is 277 g/mol. The first-order chi connectivity index (χ1) is 9.51. The first-order valence-electron chi connectivity index (χ1n) is 7.09. The summed E-state index contributed by atoms with van der Waals surface area (Å²) in [5.41, 5.74) is 0.917. The van der Waals surface area contributed by atoms with Gasteiger partial charge in [-0.05, 0) is 17.9 Å². The summed E-state index contributed by atoms with van der Waals surface area (Å²) in [6.07, 6.45) is 1.35. The van der Waals surface area contributed by atoms with E-state index in [0.29, 0.717) is 12.8 Å². The number of hydrogen-bond acceptors (Lipinski definition) is 2. The first kappa shape index (κ1) is 16.2. The van der Waals surface area contributed by atoms with Crippen LogP contribution in [0, 0.1) is 5.92 Å². The average Bonchev–Trinajstić information content (AvgIpc) is 2.45. The van der Waals surface area contributed by atoms with Crippen LogP contribution in [0.15, 0.2) is 30.3 Å². The summed E-state index contributed by atoms with van der Waals surface area (Å²) in [7, 11) is 0. The molecule has 0 aliphatic carbocycles. The molecular weight excluding hydrogens is 254 g/mol. The summed E-state index contributed by atoms with van der Waals surface area (Å²) >= 11 is 0. The number of amides is 1. The molecule has 0 saturated carbocycles. The molecule has 0 fully saturated rings. The van der Waals surface area contributed by atoms with Crippen molar-refractivity contribution in [1.82, 2.24) is 5.32 Å². The minimum absolute atomic E-state index is 0.0928. The number of aliphatic carboxylic acids is 1. The molecule has 0 spiro atoms. The van der Waals surface area contributed by atoms with E-state index in [2.05, 4.69) is 5.32 Å². The minimum Gasteiger partial charge on any atom is -0.480 e. The Bertz CT molecular complexity index is 444. The van der Waals surface area contributed by atoms with Gasteiger partial charge >= 0.3 is 5.97 Å². The Hall–Kier alpha value is -1.84. The van der Waals surface area contributed by atoms with E-state index in [-0.39, 0.29) is 17.7 Å². The topological polar surface area (TPSA) is 66.4 Å². The van der Waals surface area contributed by atoms with E-state index in [9.17, 15) is 14.7 Å². The summed E-state index contributed by atoms with van der Waals surface area (Å²) in [6.45, 7) is 5.68. The third-order valence-corrected chi connectivity index (χ3v) is 3.70. The van der Waals surface area contributed by atoms with Crippen LogP contribution in [0.25, 0.3) is 0 Å². The van der Waals surface area contributed by atoms with Gasteiger partial charge in [0.15, 0.2) is 0 Å². The lowest BCUT2D eigenvalue weighted by molar-refractivity contribution is -0.143. The maximum absolute atomic E-state index is 12.3. The lowest BCUT2D eigenvalue weighted by atomic mass is 9.93. The molecule has 0 aliphatic rings. The number of nitrogens with one attached hydrogen (secondary N) is 1. The van der Waals surface area contributed by atoms with Crippen LogP contribution in [0.4, 0.5) is 0 Å². The molecule has 0 bridgehead atoms. The number of hydrogen-bond donors (Lipinski definition) is 2. The largest absolute Gasteiger partial charge is 0.480 e. The number of carboxylic acid groups (broad SMARTS) is 1. The first-order valence-corrected chi connectivity index (χ1v) is 7.09. The number of benzene rings is 1. The highest BCUT2D eigenvalue weighted by Gasteiger charge is 2.28. The third kappa shape index (κ3) is 4.08. The van der Waals surface area contributed by atoms with Gasteiger partial charge in [-0.2, -0.15) is 0 Å². The van der Waals surface area contributed by atoms with E-state index in [1.807, 2.05) is 51.1 Å². The molecule has 1 aromatic rings. The van der Waals surface area contributed by atoms with Gasteiger partial charge in [0.2, 0.25) is 5.91 Å². The number of carboxylic acids is 1. The van der Waals surface area contributed by atoms with Gasteiger partial charge < -0.3 is 10.4 Å². The van der Waals surface area contributed by atoms with Crippen molar-refractivity contribution in [1.29, 1.82) is 0 Å². The molecule has 1 unspecified atom stereocenters. The van der Waals surface area contributed by atoms with Gasteiger partial charge in [0, 0.05) is 0 Å². The van der Waals surface area contributed by atoms with Crippen molar-refractivity contribution in [3.63, 3.8) is 0 Å². The predicted octanol–water partition coefficient (Wildman–Crippen LogP) is 2.80. The fourth-order valence-corrected chi connectivity index (χ4v) is 2.19. The molecule has 3 atom stereocenters. The Balaban J connectivity index is 2.84. The van der Waals surface area contributed by atoms with E-state index in [1.165, 1.54) is 0 Å². The third-order valence-electron chi connectivity index (χ3n) is 3.70. The second-order valence-electron chi connectivity index (χ2n) is 5.08. The monoisotopic (exact) mass is 277 g/mol. The van der Waals surface area contributed by atoms with Crippen molar-refractivity contribution >= 4 is 11.9 Å². The highest BCUT2D eigenvalue weighted by Crippen LogP contribution is 2.20. The Kier molecular flexibility index (Phi) is 6.22. The van der Waals surface area contributed by atoms with Gasteiger partial charge in [0.25, 0.3) is 0 Å². The van der Waals surface area contributed by atoms with Crippen molar-refractivity contribution < 1.29 is 14.7 Å². The van der Waals surface area contributed by atoms with Gasteiger partial charge in [-0.25, -0.2) is 4.79 Å². The molecule has 0 aliphatic heterocycles. The molecule has 4 heteroatoms. The van der Waals surface area contributed by atoms with E-state index in [0.717, 1.165) is 5.56 Å². The van der Waals surface area contributed by atoms with Gasteiger partial charge in [-0.1, -0.05) is 57.5 Å². The van der Waals surface area contributed by atoms with Crippen molar-refractivity contribution in [3.8, 4) is 0 Å². The lowest BCUT2D eigenvalue weighted by Gasteiger charge is -2.23. The molecular formula is C16H23NO3. The van der Waals surface area contributed by atoms with E-state index >= 15 is 0 Å². The standard InChI is InChI=1S/C16H23NO3/c1-4-11(3)14(16(19)20)17-15(18)13(5-2)12-9-7-6-8-10-12/h6-11,13-14H,4-5H2,1-3H3,(H,17,18)(H,19,20)/t11-,13?,14-/m0/s1. The molecule has 1 rings (SSSR count). The van der Waals surface area contributed by atoms with E-state index in [4.69, 9.17) is 0 Å². The maximum atomic E-state index is 12.3. The van der Waals surface area contributed by atoms with Crippen molar-refractivity contribution in [2.24, 2.45) is 5.92 Å². The van der Waals surface area contributed by atoms with Crippen molar-refractivity contribution in [3.05, 3.63) is 35.9 Å². The van der Waals surface area contributed by atoms with Crippen LogP contribution < -0.4 is 5.32 Å². The molecule has 1 amide bonds. The Morgan fingerprint density at radius 1 is 1.15 bits per heavy atom. The fourth-order valence-electron chi connectivity index (χ4n) is 2.19. The molecule has 0 saturated heterocycles. The van der Waals surface area contributed by atoms with Crippen LogP contribution in [0.2, 0.25) is 0 Å². The van der Waals surface area contributed by atoms with Gasteiger partial charge in [-0.15, -0.1) is 0 Å². The zero-order valence-corrected chi connectivity index (χ0v) is 12.3. The van der Waals surface area contributed by atoms with Crippen molar-refractivity contribution in [2.75, 3.05) is 0 Å². The molecule has 1 aromatic carbocycles. The zero-order chi connectivity index (χ0) is 15.1. The minimum atomic E-state index is -0.976. The van der Waals surface area contributed by atoms with Crippen LogP contribution >= 0.6 is 0 Å². The summed E-state index contributed by atoms with van der Waals surface area (Å²) in [6, 6.07) is 8.63. The Morgan fingerprint density at radius 2 is 1.75 bits per heavy atom. The Labute approximate surface area is 120 Å². The Morgan fingerprint density at radius 3 is 2.20 bits per heavy atom. The van der Waals surface area contributed by atoms with Crippen LogP contribution in [0.5, 0.6) is 0 Å². The molecule has 110 valence electrons. The second kappa shape index (κ2) is 7.68. The molecule has 0 aromatic heterocycles. The number of carbonyl (C=O) groups is 2. The quantitative estimate of drug-likeness (QED) is 0.805. The molecule has 2 N–H and O–H groups in total. The lowest BCUT2D eigenvalue weighted by Crippen LogP contribution is -2.46. The van der Waals surface area contributed by atoms with E-state index < -0.39 is 12.0 Å². The van der Waals surface area contributed by atoms with Gasteiger partial charge in [0.05, 0.1) is 5.92 Å². The fraction of sp³-hybridized carbons (Fsp3) is 0.500. The summed E-state index contributed by atoms with van der Waals surface area (Å²) in [4.78, 5) is 23.6. The molecule has 0 radical (unpaired) electrons. The summed E-state index contributed by atoms with van der Waals surface area (Å²) in [5, 5.41) is 11.9. The molecule has 0 heterocycles. The SMILES string of the molecule is CCC(C(=O)N[C@H](C(=O)O)[C@@H](C)CC)c1ccccc1. The van der Waals surface area contributed by atoms with Crippen LogP contribution in [0.3, 0.4) is 0 Å². The van der Waals surface area contributed by atoms with Crippen LogP contribution in [-0.2, 0) is 9.59 Å². The predicted molar refractivity (Wildman–Crippen MR) is 78.5 cm³/mol. The second-order valence-corrected chi connectivity index (χ2v) is 5.08. The molecule has 4 nitrogen and oxygen atoms in total. The molecule has 20 heavy (non-hydrogen) atoms. The highest BCUT2D eigenvalue weighted by atomic mass is 16.4. The van der Waals surface area contributed by atoms with Crippen LogP contribution in [0.1, 0.15) is 45.1 Å². The highest BCUT2D eigenvalue weighted by molar-refractivity contribution is 5.88. The summed E-state index contributed by atoms with van der Waals surface area (Å²) in [5.74, 6) is -1.59. The summed E-state index contributed by atoms with van der Waals surface area (Å²) < 4.78 is 0.